The van der Waals surface area contributed by atoms with Crippen molar-refractivity contribution in [3.8, 4) is 11.3 Å². The molecule has 0 saturated carbocycles. The van der Waals surface area contributed by atoms with Crippen molar-refractivity contribution in [2.75, 3.05) is 20.1 Å². The second-order valence-electron chi connectivity index (χ2n) is 7.08. The molecule has 1 fully saturated rings. The van der Waals surface area contributed by atoms with Crippen LogP contribution in [0, 0.1) is 12.8 Å². The molecular weight excluding hydrogens is 314 g/mol. The number of likely N-dealkylation sites (tertiary alicyclic amines) is 1. The van der Waals surface area contributed by atoms with Crippen molar-refractivity contribution in [1.29, 1.82) is 0 Å². The van der Waals surface area contributed by atoms with Gasteiger partial charge in [0.05, 0.1) is 17.7 Å². The summed E-state index contributed by atoms with van der Waals surface area (Å²) in [5.74, 6) is 0.220. The molecule has 0 aliphatic carbocycles. The van der Waals surface area contributed by atoms with Gasteiger partial charge in [0.15, 0.2) is 0 Å². The highest BCUT2D eigenvalue weighted by Gasteiger charge is 2.27. The average molecular weight is 337 g/mol. The highest BCUT2D eigenvalue weighted by molar-refractivity contribution is 5.82. The fraction of sp³-hybridized carbons (Fsp3) is 0.400. The first-order chi connectivity index (χ1) is 12.1. The van der Waals surface area contributed by atoms with E-state index < -0.39 is 6.10 Å². The average Bonchev–Trinajstić information content (AvgIpc) is 3.08. The molecule has 0 spiro atoms. The van der Waals surface area contributed by atoms with E-state index in [0.29, 0.717) is 5.69 Å². The Labute approximate surface area is 147 Å². The minimum Gasteiger partial charge on any atom is -0.464 e. The number of furan rings is 1. The molecule has 3 aromatic rings. The summed E-state index contributed by atoms with van der Waals surface area (Å²) in [4.78, 5) is 2.27. The predicted octanol–water partition coefficient (Wildman–Crippen LogP) is 3.57. The zero-order valence-electron chi connectivity index (χ0n) is 14.6. The number of aliphatic hydroxyl groups is 1. The molecule has 25 heavy (non-hydrogen) atoms. The van der Waals surface area contributed by atoms with Gasteiger partial charge in [0.2, 0.25) is 0 Å². The Hall–Kier alpha value is -2.24. The Bertz CT molecular complexity index is 890. The van der Waals surface area contributed by atoms with Crippen LogP contribution in [-0.4, -0.2) is 40.3 Å². The van der Waals surface area contributed by atoms with Gasteiger partial charge in [-0.25, -0.2) is 0 Å². The number of aromatic nitrogens is 2. The Morgan fingerprint density at radius 1 is 1.24 bits per heavy atom. The standard InChI is InChI=1S/C20H23N3O2/c1-13-10-17(20(24)16-4-3-8-23(2)12-16)21-22-19(13)15-6-5-14-7-9-25-18(14)11-15/h5-7,9-11,16,20,24H,3-4,8,12H2,1-2H3. The Morgan fingerprint density at radius 3 is 2.92 bits per heavy atom. The summed E-state index contributed by atoms with van der Waals surface area (Å²) >= 11 is 0. The van der Waals surface area contributed by atoms with E-state index in [1.165, 1.54) is 0 Å². The largest absolute Gasteiger partial charge is 0.464 e. The van der Waals surface area contributed by atoms with E-state index in [4.69, 9.17) is 4.42 Å². The minimum atomic E-state index is -0.560. The molecular formula is C20H23N3O2. The zero-order chi connectivity index (χ0) is 17.4. The SMILES string of the molecule is Cc1cc(C(O)C2CCCN(C)C2)nnc1-c1ccc2ccoc2c1. The molecule has 2 unspecified atom stereocenters. The van der Waals surface area contributed by atoms with Crippen LogP contribution >= 0.6 is 0 Å². The van der Waals surface area contributed by atoms with Gasteiger partial charge in [0, 0.05) is 23.4 Å². The van der Waals surface area contributed by atoms with E-state index in [1.807, 2.05) is 37.3 Å². The van der Waals surface area contributed by atoms with Crippen molar-refractivity contribution in [3.63, 3.8) is 0 Å². The van der Waals surface area contributed by atoms with E-state index in [9.17, 15) is 5.11 Å². The number of hydrogen-bond acceptors (Lipinski definition) is 5. The van der Waals surface area contributed by atoms with Crippen molar-refractivity contribution >= 4 is 11.0 Å². The normalized spacial score (nSPS) is 20.0. The number of aliphatic hydroxyl groups excluding tert-OH is 1. The van der Waals surface area contributed by atoms with Gasteiger partial charge in [-0.2, -0.15) is 5.10 Å². The van der Waals surface area contributed by atoms with Gasteiger partial charge in [-0.1, -0.05) is 12.1 Å². The van der Waals surface area contributed by atoms with Crippen molar-refractivity contribution in [2.24, 2.45) is 5.92 Å². The first kappa shape index (κ1) is 16.2. The first-order valence-corrected chi connectivity index (χ1v) is 8.80. The summed E-state index contributed by atoms with van der Waals surface area (Å²) in [6, 6.07) is 9.95. The van der Waals surface area contributed by atoms with Crippen molar-refractivity contribution in [1.82, 2.24) is 15.1 Å². The quantitative estimate of drug-likeness (QED) is 0.791. The first-order valence-electron chi connectivity index (χ1n) is 8.80. The molecule has 1 aliphatic rings. The number of hydrogen-bond donors (Lipinski definition) is 1. The number of aryl methyl sites for hydroxylation is 1. The molecule has 2 aromatic heterocycles. The third-order valence-corrected chi connectivity index (χ3v) is 5.14. The number of rotatable bonds is 3. The molecule has 1 N–H and O–H groups in total. The molecule has 5 heteroatoms. The van der Waals surface area contributed by atoms with Crippen LogP contribution in [0.5, 0.6) is 0 Å². The minimum absolute atomic E-state index is 0.220. The number of fused-ring (bicyclic) bond motifs is 1. The van der Waals surface area contributed by atoms with Gasteiger partial charge in [-0.3, -0.25) is 0 Å². The Morgan fingerprint density at radius 2 is 2.12 bits per heavy atom. The van der Waals surface area contributed by atoms with Crippen LogP contribution in [0.25, 0.3) is 22.2 Å². The number of nitrogens with zero attached hydrogens (tertiary/aromatic N) is 3. The van der Waals surface area contributed by atoms with Crippen LogP contribution in [0.1, 0.15) is 30.2 Å². The van der Waals surface area contributed by atoms with Crippen LogP contribution < -0.4 is 0 Å². The maximum Gasteiger partial charge on any atom is 0.134 e. The fourth-order valence-corrected chi connectivity index (χ4v) is 3.74. The topological polar surface area (TPSA) is 62.4 Å². The molecule has 0 radical (unpaired) electrons. The number of piperidine rings is 1. The predicted molar refractivity (Wildman–Crippen MR) is 97.2 cm³/mol. The summed E-state index contributed by atoms with van der Waals surface area (Å²) in [6.07, 6.45) is 3.28. The van der Waals surface area contributed by atoms with E-state index in [-0.39, 0.29) is 5.92 Å². The van der Waals surface area contributed by atoms with E-state index in [1.54, 1.807) is 6.26 Å². The van der Waals surface area contributed by atoms with Gasteiger partial charge in [0.1, 0.15) is 11.7 Å². The van der Waals surface area contributed by atoms with Crippen molar-refractivity contribution in [2.45, 2.75) is 25.9 Å². The highest BCUT2D eigenvalue weighted by Crippen LogP contribution is 2.31. The lowest BCUT2D eigenvalue weighted by molar-refractivity contribution is 0.0556. The third-order valence-electron chi connectivity index (χ3n) is 5.14. The van der Waals surface area contributed by atoms with E-state index in [2.05, 4.69) is 22.1 Å². The molecule has 5 nitrogen and oxygen atoms in total. The van der Waals surface area contributed by atoms with E-state index in [0.717, 1.165) is 53.7 Å². The lowest BCUT2D eigenvalue weighted by Crippen LogP contribution is -2.35. The van der Waals surface area contributed by atoms with Crippen LogP contribution in [0.3, 0.4) is 0 Å². The Balaban J connectivity index is 1.61. The van der Waals surface area contributed by atoms with Crippen LogP contribution in [0.4, 0.5) is 0 Å². The summed E-state index contributed by atoms with van der Waals surface area (Å²) in [5.41, 5.74) is 4.33. The Kier molecular flexibility index (Phi) is 4.27. The van der Waals surface area contributed by atoms with Gasteiger partial charge >= 0.3 is 0 Å². The second-order valence-corrected chi connectivity index (χ2v) is 7.08. The van der Waals surface area contributed by atoms with Crippen LogP contribution in [0.15, 0.2) is 41.0 Å². The van der Waals surface area contributed by atoms with Crippen LogP contribution in [0.2, 0.25) is 0 Å². The molecule has 2 atom stereocenters. The van der Waals surface area contributed by atoms with Gasteiger partial charge in [-0.15, -0.1) is 5.10 Å². The molecule has 1 saturated heterocycles. The summed E-state index contributed by atoms with van der Waals surface area (Å²) in [7, 11) is 2.10. The van der Waals surface area contributed by atoms with Crippen molar-refractivity contribution < 1.29 is 9.52 Å². The molecule has 1 aliphatic heterocycles. The van der Waals surface area contributed by atoms with Gasteiger partial charge < -0.3 is 14.4 Å². The summed E-state index contributed by atoms with van der Waals surface area (Å²) in [6.45, 7) is 4.01. The van der Waals surface area contributed by atoms with Crippen molar-refractivity contribution in [3.05, 3.63) is 47.9 Å². The third kappa shape index (κ3) is 3.17. The maximum absolute atomic E-state index is 10.7. The lowest BCUT2D eigenvalue weighted by Gasteiger charge is -2.32. The molecule has 0 bridgehead atoms. The molecule has 3 heterocycles. The molecule has 1 aromatic carbocycles. The lowest BCUT2D eigenvalue weighted by atomic mass is 9.90. The smallest absolute Gasteiger partial charge is 0.134 e. The fourth-order valence-electron chi connectivity index (χ4n) is 3.74. The number of benzene rings is 1. The maximum atomic E-state index is 10.7. The molecule has 0 amide bonds. The molecule has 4 rings (SSSR count). The van der Waals surface area contributed by atoms with Gasteiger partial charge in [0.25, 0.3) is 0 Å². The monoisotopic (exact) mass is 337 g/mol. The molecule has 130 valence electrons. The highest BCUT2D eigenvalue weighted by atomic mass is 16.3. The van der Waals surface area contributed by atoms with Gasteiger partial charge in [-0.05, 0) is 57.1 Å². The summed E-state index contributed by atoms with van der Waals surface area (Å²) in [5, 5.41) is 20.5. The zero-order valence-corrected chi connectivity index (χ0v) is 14.6. The van der Waals surface area contributed by atoms with E-state index >= 15 is 0 Å². The second kappa shape index (κ2) is 6.58. The van der Waals surface area contributed by atoms with Crippen LogP contribution in [-0.2, 0) is 0 Å². The summed E-state index contributed by atoms with van der Waals surface area (Å²) < 4.78 is 5.48.